The molecular weight excluding hydrogens is 347 g/mol. The summed E-state index contributed by atoms with van der Waals surface area (Å²) in [6, 6.07) is 5.77. The van der Waals surface area contributed by atoms with Gasteiger partial charge in [-0.15, -0.1) is 0 Å². The number of hydrogen-bond acceptors (Lipinski definition) is 3. The van der Waals surface area contributed by atoms with Crippen LogP contribution in [0.3, 0.4) is 0 Å². The summed E-state index contributed by atoms with van der Waals surface area (Å²) in [5, 5.41) is 4.43. The van der Waals surface area contributed by atoms with Crippen LogP contribution in [0.2, 0.25) is 10.0 Å². The van der Waals surface area contributed by atoms with Gasteiger partial charge in [-0.25, -0.2) is 0 Å². The number of nitrogens with one attached hydrogen (secondary N) is 1. The standard InChI is InChI=1S/C18H24Cl2N2O2/c19-13-2-4-15(16(20)10-13)18(5-7-24-8-6-18)11-22-17(23)12-1-3-14(21)9-12/h2,4,10,12,14H,1,3,5-9,11,21H2,(H,22,23)/t12-,14+/m1/s1. The highest BCUT2D eigenvalue weighted by molar-refractivity contribution is 6.35. The number of carbonyl (C=O) groups excluding carboxylic acids is 1. The van der Waals surface area contributed by atoms with Crippen molar-refractivity contribution in [3.63, 3.8) is 0 Å². The number of hydrogen-bond donors (Lipinski definition) is 2. The Morgan fingerprint density at radius 1 is 1.29 bits per heavy atom. The molecule has 1 aliphatic heterocycles. The van der Waals surface area contributed by atoms with Crippen LogP contribution < -0.4 is 11.1 Å². The van der Waals surface area contributed by atoms with Crippen LogP contribution in [0.1, 0.15) is 37.7 Å². The number of amides is 1. The van der Waals surface area contributed by atoms with Crippen LogP contribution in [0.5, 0.6) is 0 Å². The highest BCUT2D eigenvalue weighted by Crippen LogP contribution is 2.39. The molecule has 0 radical (unpaired) electrons. The van der Waals surface area contributed by atoms with E-state index in [1.165, 1.54) is 0 Å². The zero-order valence-electron chi connectivity index (χ0n) is 13.7. The van der Waals surface area contributed by atoms with Crippen LogP contribution in [0, 0.1) is 5.92 Å². The Morgan fingerprint density at radius 2 is 2.04 bits per heavy atom. The normalized spacial score (nSPS) is 26.3. The zero-order valence-corrected chi connectivity index (χ0v) is 15.2. The molecule has 2 aliphatic rings. The van der Waals surface area contributed by atoms with E-state index >= 15 is 0 Å². The minimum atomic E-state index is -0.198. The number of rotatable bonds is 4. The number of carbonyl (C=O) groups is 1. The fraction of sp³-hybridized carbons (Fsp3) is 0.611. The van der Waals surface area contributed by atoms with Crippen molar-refractivity contribution in [3.8, 4) is 0 Å². The summed E-state index contributed by atoms with van der Waals surface area (Å²) >= 11 is 12.5. The monoisotopic (exact) mass is 370 g/mol. The van der Waals surface area contributed by atoms with Crippen LogP contribution >= 0.6 is 23.2 Å². The molecule has 2 atom stereocenters. The van der Waals surface area contributed by atoms with Gasteiger partial charge < -0.3 is 15.8 Å². The summed E-state index contributed by atoms with van der Waals surface area (Å²) in [6.45, 7) is 1.91. The van der Waals surface area contributed by atoms with E-state index in [1.807, 2.05) is 12.1 Å². The number of benzene rings is 1. The molecule has 1 saturated carbocycles. The van der Waals surface area contributed by atoms with Gasteiger partial charge in [0.15, 0.2) is 0 Å². The van der Waals surface area contributed by atoms with E-state index in [2.05, 4.69) is 5.32 Å². The maximum Gasteiger partial charge on any atom is 0.223 e. The predicted molar refractivity (Wildman–Crippen MR) is 96.5 cm³/mol. The first-order valence-corrected chi connectivity index (χ1v) is 9.32. The molecule has 24 heavy (non-hydrogen) atoms. The maximum absolute atomic E-state index is 12.5. The number of nitrogens with two attached hydrogens (primary N) is 1. The molecule has 6 heteroatoms. The summed E-state index contributed by atoms with van der Waals surface area (Å²) < 4.78 is 5.53. The highest BCUT2D eigenvalue weighted by atomic mass is 35.5. The van der Waals surface area contributed by atoms with Gasteiger partial charge in [-0.1, -0.05) is 29.3 Å². The molecule has 1 saturated heterocycles. The van der Waals surface area contributed by atoms with Crippen molar-refractivity contribution in [3.05, 3.63) is 33.8 Å². The first-order valence-electron chi connectivity index (χ1n) is 8.57. The van der Waals surface area contributed by atoms with Gasteiger partial charge in [0.1, 0.15) is 0 Å². The van der Waals surface area contributed by atoms with E-state index in [-0.39, 0.29) is 23.3 Å². The van der Waals surface area contributed by atoms with Crippen molar-refractivity contribution >= 4 is 29.1 Å². The van der Waals surface area contributed by atoms with Gasteiger partial charge in [-0.2, -0.15) is 0 Å². The predicted octanol–water partition coefficient (Wildman–Crippen LogP) is 3.29. The van der Waals surface area contributed by atoms with Gasteiger partial charge in [-0.05, 0) is 49.8 Å². The Kier molecular flexibility index (Phi) is 5.70. The third-order valence-corrected chi connectivity index (χ3v) is 5.95. The summed E-state index contributed by atoms with van der Waals surface area (Å²) in [7, 11) is 0. The molecule has 0 spiro atoms. The second-order valence-electron chi connectivity index (χ2n) is 7.00. The maximum atomic E-state index is 12.5. The van der Waals surface area contributed by atoms with Gasteiger partial charge in [0, 0.05) is 47.2 Å². The van der Waals surface area contributed by atoms with Crippen LogP contribution in [-0.2, 0) is 14.9 Å². The van der Waals surface area contributed by atoms with Gasteiger partial charge in [0.05, 0.1) is 0 Å². The molecule has 1 aromatic carbocycles. The lowest BCUT2D eigenvalue weighted by Gasteiger charge is -2.38. The Labute approximate surface area is 153 Å². The average Bonchev–Trinajstić information content (AvgIpc) is 3.00. The molecule has 0 unspecified atom stereocenters. The summed E-state index contributed by atoms with van der Waals surface area (Å²) in [5.74, 6) is 0.150. The summed E-state index contributed by atoms with van der Waals surface area (Å²) in [6.07, 6.45) is 4.26. The van der Waals surface area contributed by atoms with E-state index in [0.717, 1.165) is 37.7 Å². The molecule has 132 valence electrons. The van der Waals surface area contributed by atoms with E-state index in [9.17, 15) is 4.79 Å². The molecule has 1 aliphatic carbocycles. The van der Waals surface area contributed by atoms with Gasteiger partial charge in [-0.3, -0.25) is 4.79 Å². The summed E-state index contributed by atoms with van der Waals surface area (Å²) in [4.78, 5) is 12.5. The zero-order chi connectivity index (χ0) is 17.2. The van der Waals surface area contributed by atoms with Gasteiger partial charge in [0.2, 0.25) is 5.91 Å². The van der Waals surface area contributed by atoms with Crippen LogP contribution in [0.4, 0.5) is 0 Å². The van der Waals surface area contributed by atoms with Crippen molar-refractivity contribution in [1.82, 2.24) is 5.32 Å². The SMILES string of the molecule is N[C@H]1CC[C@@H](C(=O)NCC2(c3ccc(Cl)cc3Cl)CCOCC2)C1. The van der Waals surface area contributed by atoms with Crippen LogP contribution in [-0.4, -0.2) is 31.7 Å². The lowest BCUT2D eigenvalue weighted by Crippen LogP contribution is -2.46. The fourth-order valence-corrected chi connectivity index (χ4v) is 4.49. The molecule has 1 heterocycles. The lowest BCUT2D eigenvalue weighted by molar-refractivity contribution is -0.125. The van der Waals surface area contributed by atoms with E-state index < -0.39 is 0 Å². The molecule has 0 aromatic heterocycles. The van der Waals surface area contributed by atoms with Crippen molar-refractivity contribution in [2.24, 2.45) is 11.7 Å². The van der Waals surface area contributed by atoms with Crippen molar-refractivity contribution in [2.75, 3.05) is 19.8 Å². The second kappa shape index (κ2) is 7.61. The first-order chi connectivity index (χ1) is 11.5. The number of halogens is 2. The highest BCUT2D eigenvalue weighted by Gasteiger charge is 2.37. The molecular formula is C18H24Cl2N2O2. The topological polar surface area (TPSA) is 64.4 Å². The minimum absolute atomic E-state index is 0.0394. The average molecular weight is 371 g/mol. The number of ether oxygens (including phenoxy) is 1. The largest absolute Gasteiger partial charge is 0.381 e. The molecule has 1 amide bonds. The Hall–Kier alpha value is -0.810. The Bertz CT molecular complexity index is 603. The quantitative estimate of drug-likeness (QED) is 0.854. The molecule has 3 rings (SSSR count). The second-order valence-corrected chi connectivity index (χ2v) is 7.85. The Morgan fingerprint density at radius 3 is 2.67 bits per heavy atom. The molecule has 1 aromatic rings. The minimum Gasteiger partial charge on any atom is -0.381 e. The Balaban J connectivity index is 1.75. The molecule has 4 nitrogen and oxygen atoms in total. The summed E-state index contributed by atoms with van der Waals surface area (Å²) in [5.41, 5.74) is 6.77. The van der Waals surface area contributed by atoms with Crippen molar-refractivity contribution in [1.29, 1.82) is 0 Å². The van der Waals surface area contributed by atoms with E-state index in [4.69, 9.17) is 33.7 Å². The first kappa shape index (κ1) is 18.0. The molecule has 0 bridgehead atoms. The smallest absolute Gasteiger partial charge is 0.223 e. The molecule has 2 fully saturated rings. The van der Waals surface area contributed by atoms with Crippen LogP contribution in [0.25, 0.3) is 0 Å². The van der Waals surface area contributed by atoms with E-state index in [0.29, 0.717) is 29.8 Å². The van der Waals surface area contributed by atoms with Crippen LogP contribution in [0.15, 0.2) is 18.2 Å². The van der Waals surface area contributed by atoms with Gasteiger partial charge in [0.25, 0.3) is 0 Å². The van der Waals surface area contributed by atoms with Crippen molar-refractivity contribution < 1.29 is 9.53 Å². The molecule has 3 N–H and O–H groups in total. The van der Waals surface area contributed by atoms with E-state index in [1.54, 1.807) is 6.07 Å². The third-order valence-electron chi connectivity index (χ3n) is 5.40. The van der Waals surface area contributed by atoms with Crippen molar-refractivity contribution in [2.45, 2.75) is 43.6 Å². The fourth-order valence-electron chi connectivity index (χ4n) is 3.88. The van der Waals surface area contributed by atoms with Gasteiger partial charge >= 0.3 is 0 Å². The third kappa shape index (κ3) is 3.88. The lowest BCUT2D eigenvalue weighted by atomic mass is 9.74.